The van der Waals surface area contributed by atoms with Crippen LogP contribution in [0.1, 0.15) is 38.2 Å². The zero-order chi connectivity index (χ0) is 13.7. The molecule has 0 saturated carbocycles. The second-order valence-electron chi connectivity index (χ2n) is 5.31. The van der Waals surface area contributed by atoms with Crippen molar-refractivity contribution < 1.29 is 9.53 Å². The van der Waals surface area contributed by atoms with Crippen molar-refractivity contribution in [2.24, 2.45) is 0 Å². The fraction of sp³-hybridized carbons (Fsp3) is 0.562. The van der Waals surface area contributed by atoms with Crippen molar-refractivity contribution in [3.8, 4) is 5.75 Å². The van der Waals surface area contributed by atoms with E-state index >= 15 is 0 Å². The molecule has 104 valence electrons. The minimum Gasteiger partial charge on any atom is -0.481 e. The zero-order valence-electron chi connectivity index (χ0n) is 11.9. The maximum Gasteiger partial charge on any atom is 0.263 e. The highest BCUT2D eigenvalue weighted by molar-refractivity contribution is 5.80. The molecule has 1 aromatic rings. The number of aryl methyl sites for hydroxylation is 1. The summed E-state index contributed by atoms with van der Waals surface area (Å²) < 4.78 is 5.73. The van der Waals surface area contributed by atoms with Crippen LogP contribution in [0.3, 0.4) is 0 Å². The summed E-state index contributed by atoms with van der Waals surface area (Å²) in [7, 11) is 0. The van der Waals surface area contributed by atoms with Crippen LogP contribution >= 0.6 is 0 Å². The van der Waals surface area contributed by atoms with Gasteiger partial charge in [0, 0.05) is 13.1 Å². The Kier molecular flexibility index (Phi) is 4.83. The molecule has 0 N–H and O–H groups in total. The normalized spacial score (nSPS) is 17.7. The van der Waals surface area contributed by atoms with E-state index in [0.717, 1.165) is 31.7 Å². The van der Waals surface area contributed by atoms with Crippen molar-refractivity contribution in [3.63, 3.8) is 0 Å². The molecule has 1 aliphatic heterocycles. The monoisotopic (exact) mass is 261 g/mol. The summed E-state index contributed by atoms with van der Waals surface area (Å²) in [6, 6.07) is 7.83. The summed E-state index contributed by atoms with van der Waals surface area (Å²) in [5.41, 5.74) is 1.19. The fourth-order valence-corrected chi connectivity index (χ4v) is 2.42. The van der Waals surface area contributed by atoms with Gasteiger partial charge in [0.1, 0.15) is 5.75 Å². The minimum absolute atomic E-state index is 0.113. The number of rotatable bonds is 3. The molecule has 1 atom stereocenters. The van der Waals surface area contributed by atoms with Crippen LogP contribution in [0.2, 0.25) is 0 Å². The predicted octanol–water partition coefficient (Wildman–Crippen LogP) is 3.16. The lowest BCUT2D eigenvalue weighted by molar-refractivity contribution is -0.137. The van der Waals surface area contributed by atoms with Crippen molar-refractivity contribution in [3.05, 3.63) is 29.8 Å². The van der Waals surface area contributed by atoms with E-state index in [-0.39, 0.29) is 5.91 Å². The van der Waals surface area contributed by atoms with Gasteiger partial charge >= 0.3 is 0 Å². The average Bonchev–Trinajstić information content (AvgIpc) is 2.69. The summed E-state index contributed by atoms with van der Waals surface area (Å²) in [6.45, 7) is 5.63. The molecule has 19 heavy (non-hydrogen) atoms. The van der Waals surface area contributed by atoms with Crippen LogP contribution < -0.4 is 4.74 Å². The first-order valence-electron chi connectivity index (χ1n) is 7.19. The molecule has 2 rings (SSSR count). The second kappa shape index (κ2) is 6.60. The van der Waals surface area contributed by atoms with E-state index in [1.165, 1.54) is 18.4 Å². The quantitative estimate of drug-likeness (QED) is 0.836. The zero-order valence-corrected chi connectivity index (χ0v) is 11.9. The third-order valence-corrected chi connectivity index (χ3v) is 3.60. The lowest BCUT2D eigenvalue weighted by atomic mass is 10.2. The van der Waals surface area contributed by atoms with Gasteiger partial charge in [-0.15, -0.1) is 0 Å². The van der Waals surface area contributed by atoms with Gasteiger partial charge in [0.05, 0.1) is 0 Å². The summed E-state index contributed by atoms with van der Waals surface area (Å²) in [5, 5.41) is 0. The minimum atomic E-state index is -0.402. The molecule has 3 nitrogen and oxygen atoms in total. The van der Waals surface area contributed by atoms with Crippen molar-refractivity contribution >= 4 is 5.91 Å². The average molecular weight is 261 g/mol. The molecular formula is C16H23NO2. The Balaban J connectivity index is 1.92. The van der Waals surface area contributed by atoms with E-state index in [0.29, 0.717) is 0 Å². The van der Waals surface area contributed by atoms with Crippen LogP contribution in [-0.4, -0.2) is 30.0 Å². The number of nitrogens with zero attached hydrogens (tertiary/aromatic N) is 1. The number of likely N-dealkylation sites (tertiary alicyclic amines) is 1. The van der Waals surface area contributed by atoms with Crippen LogP contribution in [0.25, 0.3) is 0 Å². The number of hydrogen-bond acceptors (Lipinski definition) is 2. The lowest BCUT2D eigenvalue weighted by Gasteiger charge is -2.24. The topological polar surface area (TPSA) is 29.5 Å². The third-order valence-electron chi connectivity index (χ3n) is 3.60. The SMILES string of the molecule is Cc1ccc(OC(C)C(=O)N2CCCCCC2)cc1. The van der Waals surface area contributed by atoms with Gasteiger partial charge in [-0.25, -0.2) is 0 Å². The van der Waals surface area contributed by atoms with Crippen molar-refractivity contribution in [1.29, 1.82) is 0 Å². The maximum atomic E-state index is 12.3. The molecule has 1 unspecified atom stereocenters. The molecule has 1 fully saturated rings. The van der Waals surface area contributed by atoms with E-state index in [1.54, 1.807) is 0 Å². The smallest absolute Gasteiger partial charge is 0.263 e. The molecule has 1 heterocycles. The standard InChI is InChI=1S/C16H23NO2/c1-13-7-9-15(10-8-13)19-14(2)16(18)17-11-5-3-4-6-12-17/h7-10,14H,3-6,11-12H2,1-2H3. The summed E-state index contributed by atoms with van der Waals surface area (Å²) >= 11 is 0. The van der Waals surface area contributed by atoms with Crippen LogP contribution in [0.5, 0.6) is 5.75 Å². The molecule has 0 bridgehead atoms. The van der Waals surface area contributed by atoms with E-state index < -0.39 is 6.10 Å². The van der Waals surface area contributed by atoms with Crippen molar-refractivity contribution in [2.45, 2.75) is 45.6 Å². The molecule has 1 aliphatic rings. The molecule has 1 saturated heterocycles. The van der Waals surface area contributed by atoms with Gasteiger partial charge in [-0.2, -0.15) is 0 Å². The molecule has 0 spiro atoms. The van der Waals surface area contributed by atoms with Gasteiger partial charge < -0.3 is 9.64 Å². The molecule has 0 aliphatic carbocycles. The maximum absolute atomic E-state index is 12.3. The second-order valence-corrected chi connectivity index (χ2v) is 5.31. The first-order valence-corrected chi connectivity index (χ1v) is 7.19. The Morgan fingerprint density at radius 1 is 1.11 bits per heavy atom. The van der Waals surface area contributed by atoms with E-state index in [1.807, 2.05) is 43.0 Å². The Morgan fingerprint density at radius 3 is 2.26 bits per heavy atom. The molecule has 0 radical (unpaired) electrons. The van der Waals surface area contributed by atoms with Crippen molar-refractivity contribution in [1.82, 2.24) is 4.90 Å². The van der Waals surface area contributed by atoms with Gasteiger partial charge in [0.25, 0.3) is 5.91 Å². The van der Waals surface area contributed by atoms with E-state index in [9.17, 15) is 4.79 Å². The van der Waals surface area contributed by atoms with Gasteiger partial charge in [0.15, 0.2) is 6.10 Å². The molecule has 1 amide bonds. The van der Waals surface area contributed by atoms with Gasteiger partial charge in [-0.1, -0.05) is 30.5 Å². The Hall–Kier alpha value is -1.51. The highest BCUT2D eigenvalue weighted by Crippen LogP contribution is 2.16. The first-order chi connectivity index (χ1) is 9.16. The summed E-state index contributed by atoms with van der Waals surface area (Å²) in [4.78, 5) is 14.3. The predicted molar refractivity (Wildman–Crippen MR) is 76.3 cm³/mol. The van der Waals surface area contributed by atoms with Crippen LogP contribution in [-0.2, 0) is 4.79 Å². The van der Waals surface area contributed by atoms with Gasteiger partial charge in [-0.05, 0) is 38.8 Å². The third kappa shape index (κ3) is 3.98. The highest BCUT2D eigenvalue weighted by Gasteiger charge is 2.22. The molecule has 1 aromatic carbocycles. The number of carbonyl (C=O) groups is 1. The van der Waals surface area contributed by atoms with Crippen molar-refractivity contribution in [2.75, 3.05) is 13.1 Å². The number of amides is 1. The van der Waals surface area contributed by atoms with Crippen LogP contribution in [0.4, 0.5) is 0 Å². The lowest BCUT2D eigenvalue weighted by Crippen LogP contribution is -2.40. The first kappa shape index (κ1) is 13.9. The Morgan fingerprint density at radius 2 is 1.68 bits per heavy atom. The number of hydrogen-bond donors (Lipinski definition) is 0. The molecular weight excluding hydrogens is 238 g/mol. The summed E-state index contributed by atoms with van der Waals surface area (Å²) in [5.74, 6) is 0.878. The number of ether oxygens (including phenoxy) is 1. The van der Waals surface area contributed by atoms with Gasteiger partial charge in [-0.3, -0.25) is 4.79 Å². The highest BCUT2D eigenvalue weighted by atomic mass is 16.5. The van der Waals surface area contributed by atoms with E-state index in [4.69, 9.17) is 4.74 Å². The van der Waals surface area contributed by atoms with E-state index in [2.05, 4.69) is 0 Å². The van der Waals surface area contributed by atoms with Crippen LogP contribution in [0, 0.1) is 6.92 Å². The van der Waals surface area contributed by atoms with Gasteiger partial charge in [0.2, 0.25) is 0 Å². The van der Waals surface area contributed by atoms with Crippen LogP contribution in [0.15, 0.2) is 24.3 Å². The number of benzene rings is 1. The summed E-state index contributed by atoms with van der Waals surface area (Å²) in [6.07, 6.45) is 4.29. The number of carbonyl (C=O) groups excluding carboxylic acids is 1. The molecule has 0 aromatic heterocycles. The largest absolute Gasteiger partial charge is 0.481 e. The molecule has 3 heteroatoms. The fourth-order valence-electron chi connectivity index (χ4n) is 2.42. The Bertz CT molecular complexity index is 405. The Labute approximate surface area is 115 Å².